The van der Waals surface area contributed by atoms with E-state index in [1.807, 2.05) is 45.9 Å². The molecule has 1 aromatic rings. The fourth-order valence-electron chi connectivity index (χ4n) is 3.21. The van der Waals surface area contributed by atoms with Crippen LogP contribution in [0.1, 0.15) is 50.3 Å². The summed E-state index contributed by atoms with van der Waals surface area (Å²) in [6.45, 7) is 14.3. The van der Waals surface area contributed by atoms with Gasteiger partial charge in [0.25, 0.3) is 5.91 Å². The van der Waals surface area contributed by atoms with Gasteiger partial charge in [-0.1, -0.05) is 25.1 Å². The van der Waals surface area contributed by atoms with Gasteiger partial charge in [-0.3, -0.25) is 9.79 Å². The standard InChI is InChI=1S/C23H32N2O5/c1-9-18(29-8)21(26)20(24-7)22(27)25-16(5)23(28)30-17(6)15(4)19-13(2)11-10-12-14(19)3/h9-12,15-17,26H,7H2,1-6,8H3,(H,25,27)/b18-9+,21-20+/t15?,16-,17?/m0/s1. The molecule has 30 heavy (non-hydrogen) atoms. The molecule has 2 unspecified atom stereocenters. The molecule has 0 saturated carbocycles. The molecule has 164 valence electrons. The highest BCUT2D eigenvalue weighted by Gasteiger charge is 2.26. The van der Waals surface area contributed by atoms with Gasteiger partial charge in [0.05, 0.1) is 7.11 Å². The summed E-state index contributed by atoms with van der Waals surface area (Å²) in [6.07, 6.45) is 1.07. The lowest BCUT2D eigenvalue weighted by molar-refractivity contribution is -0.152. The summed E-state index contributed by atoms with van der Waals surface area (Å²) in [5.74, 6) is -1.77. The molecule has 3 atom stereocenters. The summed E-state index contributed by atoms with van der Waals surface area (Å²) >= 11 is 0. The number of hydrogen-bond acceptors (Lipinski definition) is 6. The van der Waals surface area contributed by atoms with Gasteiger partial charge in [0.1, 0.15) is 12.1 Å². The quantitative estimate of drug-likeness (QED) is 0.209. The van der Waals surface area contributed by atoms with Crippen LogP contribution in [-0.4, -0.2) is 43.0 Å². The molecule has 2 N–H and O–H groups in total. The average Bonchev–Trinajstić information content (AvgIpc) is 2.69. The SMILES string of the molecule is C=N/C(C(=O)N[C@@H](C)C(=O)OC(C)C(C)c1c(C)cccc1C)=C(O)\C(=C/C)OC. The number of nitrogens with one attached hydrogen (secondary N) is 1. The molecule has 0 spiro atoms. The number of nitrogens with zero attached hydrogens (tertiary/aromatic N) is 1. The number of rotatable bonds is 9. The van der Waals surface area contributed by atoms with Crippen molar-refractivity contribution in [1.29, 1.82) is 0 Å². The molecule has 0 saturated heterocycles. The maximum absolute atomic E-state index is 12.5. The Labute approximate surface area is 178 Å². The minimum Gasteiger partial charge on any atom is -0.503 e. The van der Waals surface area contributed by atoms with E-state index >= 15 is 0 Å². The van der Waals surface area contributed by atoms with Crippen LogP contribution < -0.4 is 5.32 Å². The van der Waals surface area contributed by atoms with Crippen molar-refractivity contribution < 1.29 is 24.2 Å². The van der Waals surface area contributed by atoms with Crippen molar-refractivity contribution in [2.45, 2.75) is 59.6 Å². The number of benzene rings is 1. The molecular formula is C23H32N2O5. The molecule has 7 heteroatoms. The Balaban J connectivity index is 2.88. The fraction of sp³-hybridized carbons (Fsp3) is 0.435. The van der Waals surface area contributed by atoms with Crippen molar-refractivity contribution in [3.63, 3.8) is 0 Å². The summed E-state index contributed by atoms with van der Waals surface area (Å²) < 4.78 is 10.6. The Kier molecular flexibility index (Phi) is 9.30. The van der Waals surface area contributed by atoms with E-state index in [-0.39, 0.29) is 17.4 Å². The van der Waals surface area contributed by atoms with E-state index in [9.17, 15) is 14.7 Å². The van der Waals surface area contributed by atoms with Crippen molar-refractivity contribution in [2.24, 2.45) is 4.99 Å². The highest BCUT2D eigenvalue weighted by Crippen LogP contribution is 2.27. The largest absolute Gasteiger partial charge is 0.503 e. The van der Waals surface area contributed by atoms with Crippen LogP contribution in [0.15, 0.2) is 46.5 Å². The maximum atomic E-state index is 12.5. The number of carbonyl (C=O) groups is 2. The molecule has 0 aromatic heterocycles. The van der Waals surface area contributed by atoms with Gasteiger partial charge in [-0.05, 0) is 64.1 Å². The summed E-state index contributed by atoms with van der Waals surface area (Å²) in [4.78, 5) is 28.5. The molecule has 7 nitrogen and oxygen atoms in total. The number of esters is 1. The van der Waals surface area contributed by atoms with E-state index in [1.54, 1.807) is 6.92 Å². The van der Waals surface area contributed by atoms with E-state index in [2.05, 4.69) is 17.0 Å². The van der Waals surface area contributed by atoms with Crippen LogP contribution in [0.25, 0.3) is 0 Å². The Hall–Kier alpha value is -3.09. The number of allylic oxidation sites excluding steroid dienone is 1. The number of aliphatic imine (C=N–C) groups is 1. The first kappa shape index (κ1) is 24.9. The highest BCUT2D eigenvalue weighted by molar-refractivity contribution is 5.97. The molecule has 1 aromatic carbocycles. The van der Waals surface area contributed by atoms with Gasteiger partial charge in [-0.2, -0.15) is 0 Å². The Morgan fingerprint density at radius 3 is 2.23 bits per heavy atom. The second-order valence-corrected chi connectivity index (χ2v) is 7.14. The lowest BCUT2D eigenvalue weighted by Crippen LogP contribution is -2.42. The predicted octanol–water partition coefficient (Wildman–Crippen LogP) is 3.86. The van der Waals surface area contributed by atoms with Crippen molar-refractivity contribution in [3.8, 4) is 0 Å². The number of aryl methyl sites for hydroxylation is 2. The summed E-state index contributed by atoms with van der Waals surface area (Å²) in [7, 11) is 1.35. The van der Waals surface area contributed by atoms with Crippen LogP contribution in [0.3, 0.4) is 0 Å². The third kappa shape index (κ3) is 5.95. The van der Waals surface area contributed by atoms with Crippen LogP contribution in [0.4, 0.5) is 0 Å². The molecule has 0 heterocycles. The fourth-order valence-corrected chi connectivity index (χ4v) is 3.21. The first-order chi connectivity index (χ1) is 14.1. The topological polar surface area (TPSA) is 97.2 Å². The van der Waals surface area contributed by atoms with Gasteiger partial charge in [0.15, 0.2) is 17.2 Å². The smallest absolute Gasteiger partial charge is 0.328 e. The molecular weight excluding hydrogens is 384 g/mol. The zero-order valence-electron chi connectivity index (χ0n) is 18.8. The molecule has 0 aliphatic rings. The first-order valence-corrected chi connectivity index (χ1v) is 9.77. The van der Waals surface area contributed by atoms with Gasteiger partial charge < -0.3 is 19.9 Å². The van der Waals surface area contributed by atoms with Crippen LogP contribution in [-0.2, 0) is 19.1 Å². The predicted molar refractivity (Wildman–Crippen MR) is 117 cm³/mol. The summed E-state index contributed by atoms with van der Waals surface area (Å²) in [6, 6.07) is 5.09. The number of ether oxygens (including phenoxy) is 2. The van der Waals surface area contributed by atoms with Gasteiger partial charge in [-0.15, -0.1) is 0 Å². The molecule has 0 aliphatic heterocycles. The molecule has 0 bridgehead atoms. The Morgan fingerprint density at radius 1 is 1.20 bits per heavy atom. The first-order valence-electron chi connectivity index (χ1n) is 9.77. The number of carbonyl (C=O) groups excluding carboxylic acids is 2. The van der Waals surface area contributed by atoms with Gasteiger partial charge in [0.2, 0.25) is 0 Å². The van der Waals surface area contributed by atoms with Crippen molar-refractivity contribution in [2.75, 3.05) is 7.11 Å². The van der Waals surface area contributed by atoms with Gasteiger partial charge >= 0.3 is 5.97 Å². The maximum Gasteiger partial charge on any atom is 0.328 e. The van der Waals surface area contributed by atoms with Crippen molar-refractivity contribution in [1.82, 2.24) is 5.32 Å². The molecule has 1 rings (SSSR count). The van der Waals surface area contributed by atoms with Crippen LogP contribution in [0.2, 0.25) is 0 Å². The van der Waals surface area contributed by atoms with E-state index in [4.69, 9.17) is 9.47 Å². The lowest BCUT2D eigenvalue weighted by atomic mass is 9.89. The number of aliphatic hydroxyl groups is 1. The van der Waals surface area contributed by atoms with Crippen LogP contribution >= 0.6 is 0 Å². The van der Waals surface area contributed by atoms with E-state index in [0.29, 0.717) is 0 Å². The normalized spacial score (nSPS) is 15.4. The number of methoxy groups -OCH3 is 1. The van der Waals surface area contributed by atoms with E-state index in [1.165, 1.54) is 20.1 Å². The number of aliphatic hydroxyl groups excluding tert-OH is 1. The number of hydrogen-bond donors (Lipinski definition) is 2. The third-order valence-electron chi connectivity index (χ3n) is 5.02. The second kappa shape index (κ2) is 11.2. The molecule has 1 amide bonds. The Bertz CT molecular complexity index is 837. The number of amides is 1. The van der Waals surface area contributed by atoms with Crippen molar-refractivity contribution in [3.05, 3.63) is 58.2 Å². The lowest BCUT2D eigenvalue weighted by Gasteiger charge is -2.25. The van der Waals surface area contributed by atoms with Crippen LogP contribution in [0.5, 0.6) is 0 Å². The third-order valence-corrected chi connectivity index (χ3v) is 5.02. The monoisotopic (exact) mass is 416 g/mol. The molecule has 0 radical (unpaired) electrons. The summed E-state index contributed by atoms with van der Waals surface area (Å²) in [5.41, 5.74) is 3.06. The highest BCUT2D eigenvalue weighted by atomic mass is 16.5. The van der Waals surface area contributed by atoms with E-state index < -0.39 is 29.8 Å². The average molecular weight is 417 g/mol. The zero-order valence-corrected chi connectivity index (χ0v) is 18.8. The Morgan fingerprint density at radius 2 is 1.77 bits per heavy atom. The summed E-state index contributed by atoms with van der Waals surface area (Å²) in [5, 5.41) is 12.6. The minimum absolute atomic E-state index is 0.0219. The van der Waals surface area contributed by atoms with Crippen molar-refractivity contribution >= 4 is 18.6 Å². The minimum atomic E-state index is -0.953. The molecule has 0 fully saturated rings. The van der Waals surface area contributed by atoms with Crippen LogP contribution in [0, 0.1) is 13.8 Å². The molecule has 0 aliphatic carbocycles. The second-order valence-electron chi connectivity index (χ2n) is 7.14. The van der Waals surface area contributed by atoms with Gasteiger partial charge in [0, 0.05) is 5.92 Å². The van der Waals surface area contributed by atoms with Gasteiger partial charge in [-0.25, -0.2) is 4.79 Å². The van der Waals surface area contributed by atoms with E-state index in [0.717, 1.165) is 16.7 Å². The zero-order chi connectivity index (χ0) is 23.0.